The van der Waals surface area contributed by atoms with E-state index in [4.69, 9.17) is 9.57 Å². The molecule has 8 nitrogen and oxygen atoms in total. The first-order chi connectivity index (χ1) is 15.1. The fourth-order valence-corrected chi connectivity index (χ4v) is 4.36. The second-order valence-corrected chi connectivity index (χ2v) is 8.33. The number of halogens is 1. The molecule has 0 aromatic carbocycles. The van der Waals surface area contributed by atoms with Gasteiger partial charge in [0.2, 0.25) is 11.9 Å². The zero-order chi connectivity index (χ0) is 21.4. The Morgan fingerprint density at radius 3 is 2.68 bits per heavy atom. The summed E-state index contributed by atoms with van der Waals surface area (Å²) in [5.41, 5.74) is 1.94. The van der Waals surface area contributed by atoms with E-state index in [-0.39, 0.29) is 29.8 Å². The second kappa shape index (κ2) is 8.47. The smallest absolute Gasteiger partial charge is 0.249 e. The molecule has 2 aromatic rings. The van der Waals surface area contributed by atoms with Crippen molar-refractivity contribution in [2.45, 2.75) is 44.8 Å². The highest BCUT2D eigenvalue weighted by atomic mass is 19.1. The van der Waals surface area contributed by atoms with Crippen LogP contribution in [0.2, 0.25) is 0 Å². The fraction of sp³-hybridized carbons (Fsp3) is 0.545. The first-order valence-corrected chi connectivity index (χ1v) is 10.9. The number of rotatable bonds is 4. The standard InChI is InChI=1S/C22H26FN5O3/c1-14-17(23)12-16(13-25-14)19-5-11-31-28(19)21(29)15-3-8-27(9-4-15)22-24-7-2-18(26-22)20-6-10-30-20/h2,7,12-13,15,19-20H,3-6,8-11H2,1H3/t19-,20?/m0/s1. The monoisotopic (exact) mass is 427 g/mol. The summed E-state index contributed by atoms with van der Waals surface area (Å²) in [5.74, 6) is 0.147. The normalized spacial score (nSPS) is 24.3. The van der Waals surface area contributed by atoms with Crippen LogP contribution >= 0.6 is 0 Å². The van der Waals surface area contributed by atoms with E-state index in [1.165, 1.54) is 11.1 Å². The molecular weight excluding hydrogens is 401 g/mol. The number of pyridine rings is 1. The van der Waals surface area contributed by atoms with Gasteiger partial charge in [0.25, 0.3) is 0 Å². The molecule has 9 heteroatoms. The number of carbonyl (C=O) groups excluding carboxylic acids is 1. The van der Waals surface area contributed by atoms with Crippen LogP contribution in [0, 0.1) is 18.7 Å². The number of nitrogens with zero attached hydrogens (tertiary/aromatic N) is 5. The highest BCUT2D eigenvalue weighted by Crippen LogP contribution is 2.34. The Morgan fingerprint density at radius 1 is 1.16 bits per heavy atom. The van der Waals surface area contributed by atoms with Crippen LogP contribution < -0.4 is 4.90 Å². The maximum Gasteiger partial charge on any atom is 0.249 e. The molecule has 0 aliphatic carbocycles. The van der Waals surface area contributed by atoms with Gasteiger partial charge >= 0.3 is 0 Å². The Hall–Kier alpha value is -2.65. The van der Waals surface area contributed by atoms with Gasteiger partial charge in [0.1, 0.15) is 11.9 Å². The molecule has 0 bridgehead atoms. The molecule has 2 aromatic heterocycles. The number of aryl methyl sites for hydroxylation is 1. The third-order valence-corrected chi connectivity index (χ3v) is 6.37. The average molecular weight is 427 g/mol. The second-order valence-electron chi connectivity index (χ2n) is 8.33. The summed E-state index contributed by atoms with van der Waals surface area (Å²) >= 11 is 0. The molecule has 3 aliphatic rings. The molecule has 1 unspecified atom stereocenters. The van der Waals surface area contributed by atoms with E-state index in [9.17, 15) is 9.18 Å². The van der Waals surface area contributed by atoms with Crippen molar-refractivity contribution in [2.24, 2.45) is 5.92 Å². The molecule has 1 amide bonds. The van der Waals surface area contributed by atoms with Gasteiger partial charge < -0.3 is 9.64 Å². The third kappa shape index (κ3) is 3.99. The topological polar surface area (TPSA) is 80.7 Å². The molecule has 5 rings (SSSR count). The Labute approximate surface area is 180 Å². The number of hydroxylamine groups is 2. The van der Waals surface area contributed by atoms with Crippen molar-refractivity contribution >= 4 is 11.9 Å². The minimum Gasteiger partial charge on any atom is -0.372 e. The van der Waals surface area contributed by atoms with Crippen molar-refractivity contribution in [3.63, 3.8) is 0 Å². The molecular formula is C22H26FN5O3. The Balaban J connectivity index is 1.23. The van der Waals surface area contributed by atoms with Crippen molar-refractivity contribution in [3.8, 4) is 0 Å². The molecule has 31 heavy (non-hydrogen) atoms. The lowest BCUT2D eigenvalue weighted by molar-refractivity contribution is -0.182. The number of aromatic nitrogens is 3. The molecule has 0 N–H and O–H groups in total. The van der Waals surface area contributed by atoms with E-state index in [1.807, 2.05) is 6.07 Å². The van der Waals surface area contributed by atoms with Gasteiger partial charge in [-0.3, -0.25) is 14.6 Å². The van der Waals surface area contributed by atoms with Crippen LogP contribution in [0.1, 0.15) is 54.8 Å². The van der Waals surface area contributed by atoms with Gasteiger partial charge in [-0.15, -0.1) is 0 Å². The lowest BCUT2D eigenvalue weighted by Gasteiger charge is -2.34. The number of carbonyl (C=O) groups is 1. The molecule has 3 saturated heterocycles. The summed E-state index contributed by atoms with van der Waals surface area (Å²) in [7, 11) is 0. The summed E-state index contributed by atoms with van der Waals surface area (Å²) in [6, 6.07) is 3.06. The molecule has 2 atom stereocenters. The van der Waals surface area contributed by atoms with Crippen molar-refractivity contribution in [1.29, 1.82) is 0 Å². The number of hydrogen-bond acceptors (Lipinski definition) is 7. The molecule has 3 aliphatic heterocycles. The van der Waals surface area contributed by atoms with E-state index in [0.29, 0.717) is 56.2 Å². The van der Waals surface area contributed by atoms with Crippen LogP contribution in [0.3, 0.4) is 0 Å². The number of hydrogen-bond donors (Lipinski definition) is 0. The van der Waals surface area contributed by atoms with E-state index < -0.39 is 0 Å². The minimum absolute atomic E-state index is 0.0410. The highest BCUT2D eigenvalue weighted by molar-refractivity contribution is 5.79. The summed E-state index contributed by atoms with van der Waals surface area (Å²) < 4.78 is 19.5. The zero-order valence-electron chi connectivity index (χ0n) is 17.5. The summed E-state index contributed by atoms with van der Waals surface area (Å²) in [6.07, 6.45) is 6.50. The van der Waals surface area contributed by atoms with Crippen LogP contribution in [0.5, 0.6) is 0 Å². The predicted molar refractivity (Wildman–Crippen MR) is 109 cm³/mol. The molecule has 0 radical (unpaired) electrons. The first-order valence-electron chi connectivity index (χ1n) is 10.9. The van der Waals surface area contributed by atoms with E-state index >= 15 is 0 Å². The quantitative estimate of drug-likeness (QED) is 0.742. The Morgan fingerprint density at radius 2 is 1.97 bits per heavy atom. The molecule has 0 saturated carbocycles. The van der Waals surface area contributed by atoms with E-state index in [0.717, 1.165) is 18.7 Å². The lowest BCUT2D eigenvalue weighted by atomic mass is 9.95. The predicted octanol–water partition coefficient (Wildman–Crippen LogP) is 2.90. The largest absolute Gasteiger partial charge is 0.372 e. The summed E-state index contributed by atoms with van der Waals surface area (Å²) in [6.45, 7) is 4.24. The SMILES string of the molecule is Cc1ncc([C@@H]2CCON2C(=O)C2CCN(c3nccc(C4CCO4)n3)CC2)cc1F. The Bertz CT molecular complexity index is 962. The lowest BCUT2D eigenvalue weighted by Crippen LogP contribution is -2.42. The van der Waals surface area contributed by atoms with Gasteiger partial charge in [0, 0.05) is 44.2 Å². The Kier molecular flexibility index (Phi) is 5.54. The van der Waals surface area contributed by atoms with Crippen molar-refractivity contribution in [3.05, 3.63) is 47.3 Å². The van der Waals surface area contributed by atoms with Gasteiger partial charge in [0.05, 0.1) is 30.6 Å². The first kappa shape index (κ1) is 20.3. The number of amides is 1. The van der Waals surface area contributed by atoms with Crippen LogP contribution in [-0.2, 0) is 14.4 Å². The summed E-state index contributed by atoms with van der Waals surface area (Å²) in [4.78, 5) is 34.1. The minimum atomic E-state index is -0.361. The summed E-state index contributed by atoms with van der Waals surface area (Å²) in [5, 5.41) is 1.44. The number of anilines is 1. The fourth-order valence-electron chi connectivity index (χ4n) is 4.36. The molecule has 164 valence electrons. The molecule has 3 fully saturated rings. The van der Waals surface area contributed by atoms with E-state index in [2.05, 4.69) is 19.9 Å². The van der Waals surface area contributed by atoms with Gasteiger partial charge in [-0.2, -0.15) is 0 Å². The maximum absolute atomic E-state index is 14.0. The number of ether oxygens (including phenoxy) is 1. The van der Waals surface area contributed by atoms with Crippen LogP contribution in [0.15, 0.2) is 24.5 Å². The van der Waals surface area contributed by atoms with E-state index in [1.54, 1.807) is 19.3 Å². The van der Waals surface area contributed by atoms with Gasteiger partial charge in [-0.25, -0.2) is 19.4 Å². The van der Waals surface area contributed by atoms with Crippen LogP contribution in [0.4, 0.5) is 10.3 Å². The highest BCUT2D eigenvalue weighted by Gasteiger charge is 2.37. The maximum atomic E-state index is 14.0. The number of piperidine rings is 1. The molecule has 5 heterocycles. The van der Waals surface area contributed by atoms with Crippen molar-refractivity contribution < 1.29 is 18.8 Å². The van der Waals surface area contributed by atoms with Crippen molar-refractivity contribution in [2.75, 3.05) is 31.2 Å². The van der Waals surface area contributed by atoms with Gasteiger partial charge in [-0.1, -0.05) is 0 Å². The van der Waals surface area contributed by atoms with Crippen LogP contribution in [-0.4, -0.2) is 52.2 Å². The van der Waals surface area contributed by atoms with Gasteiger partial charge in [-0.05, 0) is 37.5 Å². The third-order valence-electron chi connectivity index (χ3n) is 6.37. The average Bonchev–Trinajstić information content (AvgIpc) is 3.24. The van der Waals surface area contributed by atoms with Gasteiger partial charge in [0.15, 0.2) is 0 Å². The van der Waals surface area contributed by atoms with Crippen LogP contribution in [0.25, 0.3) is 0 Å². The molecule has 0 spiro atoms. The van der Waals surface area contributed by atoms with Crippen molar-refractivity contribution in [1.82, 2.24) is 20.0 Å². The zero-order valence-corrected chi connectivity index (χ0v) is 17.5.